The molecule has 220 valence electrons. The third-order valence-electron chi connectivity index (χ3n) is 6.59. The highest BCUT2D eigenvalue weighted by Gasteiger charge is 2.56. The van der Waals surface area contributed by atoms with Crippen molar-refractivity contribution in [1.29, 1.82) is 5.26 Å². The molecule has 0 bridgehead atoms. The first-order valence-electron chi connectivity index (χ1n) is 12.9. The van der Waals surface area contributed by atoms with E-state index in [0.717, 1.165) is 0 Å². The van der Waals surface area contributed by atoms with Crippen molar-refractivity contribution in [3.63, 3.8) is 0 Å². The number of fused-ring (bicyclic) bond motifs is 1. The lowest BCUT2D eigenvalue weighted by Crippen LogP contribution is -2.39. The summed E-state index contributed by atoms with van der Waals surface area (Å²) in [6.45, 7) is 5.93. The molecule has 0 saturated carbocycles. The Labute approximate surface area is 236 Å². The SMILES string of the molecule is COc1ncnc2c1ncn2[C@@H]1O[C@H](COP(=O)(N[C@@H](C)C(=O)OC(C)C)Oc2ccccc2)C(C)(CC#N)C1F. The highest BCUT2D eigenvalue weighted by atomic mass is 31.2. The van der Waals surface area contributed by atoms with E-state index in [2.05, 4.69) is 20.0 Å². The van der Waals surface area contributed by atoms with Gasteiger partial charge in [-0.15, -0.1) is 0 Å². The molecule has 1 aliphatic heterocycles. The largest absolute Gasteiger partial charge is 0.479 e. The fourth-order valence-corrected chi connectivity index (χ4v) is 5.87. The molecule has 0 aliphatic carbocycles. The minimum absolute atomic E-state index is 0.206. The summed E-state index contributed by atoms with van der Waals surface area (Å²) in [4.78, 5) is 24.9. The molecule has 4 rings (SSSR count). The van der Waals surface area contributed by atoms with Crippen molar-refractivity contribution in [1.82, 2.24) is 24.6 Å². The summed E-state index contributed by atoms with van der Waals surface area (Å²) in [5.74, 6) is -0.253. The van der Waals surface area contributed by atoms with Crippen molar-refractivity contribution in [2.24, 2.45) is 5.41 Å². The number of hydrogen-bond donors (Lipinski definition) is 1. The van der Waals surface area contributed by atoms with Gasteiger partial charge in [0.05, 0.1) is 38.3 Å². The summed E-state index contributed by atoms with van der Waals surface area (Å²) in [5.41, 5.74) is -0.810. The monoisotopic (exact) mass is 590 g/mol. The number of halogens is 1. The van der Waals surface area contributed by atoms with Crippen LogP contribution in [0.4, 0.5) is 4.39 Å². The molecular formula is C26H32FN6O7P. The molecule has 1 N–H and O–H groups in total. The van der Waals surface area contributed by atoms with Crippen molar-refractivity contribution in [3.05, 3.63) is 43.0 Å². The first-order valence-corrected chi connectivity index (χ1v) is 14.4. The van der Waals surface area contributed by atoms with Crippen LogP contribution < -0.4 is 14.3 Å². The molecule has 41 heavy (non-hydrogen) atoms. The van der Waals surface area contributed by atoms with Crippen LogP contribution in [0.25, 0.3) is 11.2 Å². The number of rotatable bonds is 12. The number of hydrogen-bond acceptors (Lipinski definition) is 11. The summed E-state index contributed by atoms with van der Waals surface area (Å²) in [6, 6.07) is 9.16. The first-order chi connectivity index (χ1) is 19.5. The molecule has 3 heterocycles. The Morgan fingerprint density at radius 2 is 2.00 bits per heavy atom. The van der Waals surface area contributed by atoms with E-state index < -0.39 is 56.4 Å². The van der Waals surface area contributed by atoms with Gasteiger partial charge in [-0.25, -0.2) is 18.9 Å². The lowest BCUT2D eigenvalue weighted by atomic mass is 9.79. The molecule has 6 atom stereocenters. The summed E-state index contributed by atoms with van der Waals surface area (Å²) in [5, 5.41) is 12.1. The Bertz CT molecular complexity index is 1450. The predicted octanol–water partition coefficient (Wildman–Crippen LogP) is 4.12. The van der Waals surface area contributed by atoms with Crippen LogP contribution in [-0.2, 0) is 23.4 Å². The summed E-state index contributed by atoms with van der Waals surface area (Å²) < 4.78 is 59.4. The molecular weight excluding hydrogens is 558 g/mol. The summed E-state index contributed by atoms with van der Waals surface area (Å²) in [6.07, 6.45) is -2.05. The van der Waals surface area contributed by atoms with Crippen LogP contribution in [0.3, 0.4) is 0 Å². The predicted molar refractivity (Wildman–Crippen MR) is 143 cm³/mol. The number of aromatic nitrogens is 4. The highest BCUT2D eigenvalue weighted by molar-refractivity contribution is 7.52. The Hall–Kier alpha value is -3.63. The van der Waals surface area contributed by atoms with Crippen LogP contribution >= 0.6 is 7.75 Å². The second kappa shape index (κ2) is 12.5. The fraction of sp³-hybridized carbons (Fsp3) is 0.500. The van der Waals surface area contributed by atoms with E-state index in [1.165, 1.54) is 31.3 Å². The van der Waals surface area contributed by atoms with Gasteiger partial charge in [0.15, 0.2) is 23.6 Å². The van der Waals surface area contributed by atoms with Crippen LogP contribution in [-0.4, -0.2) is 63.6 Å². The van der Waals surface area contributed by atoms with E-state index in [-0.39, 0.29) is 23.7 Å². The Morgan fingerprint density at radius 1 is 1.27 bits per heavy atom. The molecule has 1 aromatic carbocycles. The van der Waals surface area contributed by atoms with Gasteiger partial charge < -0.3 is 18.7 Å². The van der Waals surface area contributed by atoms with E-state index in [1.54, 1.807) is 51.1 Å². The first kappa shape index (κ1) is 30.3. The van der Waals surface area contributed by atoms with Gasteiger partial charge in [0.1, 0.15) is 18.1 Å². The van der Waals surface area contributed by atoms with Crippen LogP contribution in [0.1, 0.15) is 40.3 Å². The van der Waals surface area contributed by atoms with Gasteiger partial charge >= 0.3 is 13.7 Å². The molecule has 1 saturated heterocycles. The molecule has 13 nitrogen and oxygen atoms in total. The summed E-state index contributed by atoms with van der Waals surface area (Å²) >= 11 is 0. The zero-order valence-corrected chi connectivity index (χ0v) is 24.2. The van der Waals surface area contributed by atoms with E-state index >= 15 is 4.39 Å². The maximum absolute atomic E-state index is 16.1. The Balaban J connectivity index is 1.60. The number of methoxy groups -OCH3 is 1. The van der Waals surface area contributed by atoms with Gasteiger partial charge in [-0.2, -0.15) is 15.3 Å². The molecule has 2 aromatic heterocycles. The zero-order valence-electron chi connectivity index (χ0n) is 23.3. The third-order valence-corrected chi connectivity index (χ3v) is 8.24. The van der Waals surface area contributed by atoms with E-state index in [1.807, 2.05) is 6.07 Å². The summed E-state index contributed by atoms with van der Waals surface area (Å²) in [7, 11) is -2.84. The van der Waals surface area contributed by atoms with Crippen LogP contribution in [0, 0.1) is 16.7 Å². The number of ether oxygens (including phenoxy) is 3. The second-order valence-corrected chi connectivity index (χ2v) is 11.7. The molecule has 1 aliphatic rings. The van der Waals surface area contributed by atoms with Crippen LogP contribution in [0.5, 0.6) is 11.6 Å². The van der Waals surface area contributed by atoms with Crippen LogP contribution in [0.2, 0.25) is 0 Å². The molecule has 0 spiro atoms. The maximum atomic E-state index is 16.1. The molecule has 1 fully saturated rings. The molecule has 3 unspecified atom stereocenters. The molecule has 0 amide bonds. The van der Waals surface area contributed by atoms with Gasteiger partial charge in [0, 0.05) is 11.8 Å². The van der Waals surface area contributed by atoms with E-state index in [9.17, 15) is 14.6 Å². The Morgan fingerprint density at radius 3 is 2.66 bits per heavy atom. The second-order valence-electron chi connectivity index (χ2n) is 10.00. The fourth-order valence-electron chi connectivity index (χ4n) is 4.38. The number of alkyl halides is 1. The van der Waals surface area contributed by atoms with Gasteiger partial charge in [0.2, 0.25) is 5.88 Å². The number of nitrogens with one attached hydrogen (secondary N) is 1. The molecule has 15 heteroatoms. The molecule has 3 aromatic rings. The standard InChI is InChI=1S/C26H32FN6O7P/c1-16(2)38-25(34)17(3)32-41(35,40-18-9-7-6-8-10-18)37-13-19-26(4,11-12-28)21(27)24(39-19)33-15-31-20-22(33)29-14-30-23(20)36-5/h6-10,14-17,19,21,24H,11,13H2,1-5H3,(H,32,35)/t17-,19+,21?,24+,26?,41?/m0/s1. The minimum Gasteiger partial charge on any atom is -0.479 e. The topological polar surface area (TPSA) is 160 Å². The normalized spacial score (nSPS) is 24.5. The van der Waals surface area contributed by atoms with Crippen molar-refractivity contribution in [2.75, 3.05) is 13.7 Å². The average Bonchev–Trinajstić information content (AvgIpc) is 3.46. The smallest absolute Gasteiger partial charge is 0.459 e. The van der Waals surface area contributed by atoms with Crippen LogP contribution in [0.15, 0.2) is 43.0 Å². The van der Waals surface area contributed by atoms with Gasteiger partial charge in [0.25, 0.3) is 0 Å². The Kier molecular flexibility index (Phi) is 9.24. The number of carbonyl (C=O) groups is 1. The van der Waals surface area contributed by atoms with E-state index in [0.29, 0.717) is 5.52 Å². The number of benzene rings is 1. The zero-order chi connectivity index (χ0) is 29.8. The number of esters is 1. The minimum atomic E-state index is -4.26. The number of nitriles is 1. The van der Waals surface area contributed by atoms with Gasteiger partial charge in [-0.3, -0.25) is 13.9 Å². The maximum Gasteiger partial charge on any atom is 0.459 e. The van der Waals surface area contributed by atoms with Crippen molar-refractivity contribution >= 4 is 24.9 Å². The van der Waals surface area contributed by atoms with Gasteiger partial charge in [-0.05, 0) is 32.9 Å². The number of imidazole rings is 1. The average molecular weight is 591 g/mol. The number of carbonyl (C=O) groups excluding carboxylic acids is 1. The van der Waals surface area contributed by atoms with E-state index in [4.69, 9.17) is 23.3 Å². The molecule has 0 radical (unpaired) electrons. The quantitative estimate of drug-likeness (QED) is 0.238. The van der Waals surface area contributed by atoms with Crippen molar-refractivity contribution < 1.29 is 37.0 Å². The lowest BCUT2D eigenvalue weighted by molar-refractivity contribution is -0.149. The lowest BCUT2D eigenvalue weighted by Gasteiger charge is -2.30. The highest BCUT2D eigenvalue weighted by Crippen LogP contribution is 2.51. The van der Waals surface area contributed by atoms with Gasteiger partial charge in [-0.1, -0.05) is 25.1 Å². The van der Waals surface area contributed by atoms with Crippen molar-refractivity contribution in [3.8, 4) is 17.7 Å². The van der Waals surface area contributed by atoms with Crippen molar-refractivity contribution in [2.45, 2.75) is 64.8 Å². The number of para-hydroxylation sites is 1. The third kappa shape index (κ3) is 6.49. The number of nitrogens with zero attached hydrogens (tertiary/aromatic N) is 5.